The van der Waals surface area contributed by atoms with E-state index in [4.69, 9.17) is 4.74 Å². The maximum atomic E-state index is 17.3. The minimum Gasteiger partial charge on any atom is -0.450 e. The number of ether oxygens (including phenoxy) is 1. The Kier molecular flexibility index (Phi) is 5.30. The SMILES string of the molecule is CC(=O)O[C@]1(C(=O)CO)C(C)C[C@H]2[C@@H]3CC(C)C4=CC(=O)CC[C@]4(C)[C@@]3(F)C(O)C[C@@]21C. The zero-order valence-corrected chi connectivity index (χ0v) is 19.6. The molecule has 9 atom stereocenters. The fourth-order valence-electron chi connectivity index (χ4n) is 8.50. The Bertz CT molecular complexity index is 899. The van der Waals surface area contributed by atoms with Gasteiger partial charge in [0.1, 0.15) is 12.3 Å². The molecule has 3 saturated carbocycles. The summed E-state index contributed by atoms with van der Waals surface area (Å²) in [7, 11) is 0. The second-order valence-electron chi connectivity index (χ2n) is 11.2. The second kappa shape index (κ2) is 7.20. The van der Waals surface area contributed by atoms with E-state index in [-0.39, 0.29) is 30.5 Å². The molecule has 3 fully saturated rings. The standard InChI is InChI=1S/C25H35FO6/c1-13-8-19-18-9-14(2)25(21(31)12-27,32-15(3)28)23(18,5)11-20(30)24(19,26)22(4)7-6-16(29)10-17(13)22/h10,13-14,18-20,27,30H,6-9,11-12H2,1-5H3/t13?,14?,18-,19-,20?,22-,23-,24-,25-/m0/s1. The van der Waals surface area contributed by atoms with Crippen molar-refractivity contribution in [1.29, 1.82) is 0 Å². The molecule has 0 spiro atoms. The third-order valence-corrected chi connectivity index (χ3v) is 9.77. The lowest BCUT2D eigenvalue weighted by molar-refractivity contribution is -0.237. The molecule has 0 heterocycles. The van der Waals surface area contributed by atoms with Gasteiger partial charge in [-0.1, -0.05) is 33.3 Å². The summed E-state index contributed by atoms with van der Waals surface area (Å²) in [4.78, 5) is 37.4. The van der Waals surface area contributed by atoms with Crippen LogP contribution in [-0.2, 0) is 19.1 Å². The number of hydrogen-bond acceptors (Lipinski definition) is 6. The van der Waals surface area contributed by atoms with Crippen LogP contribution in [0.1, 0.15) is 66.7 Å². The first-order chi connectivity index (χ1) is 14.8. The van der Waals surface area contributed by atoms with E-state index < -0.39 is 58.4 Å². The van der Waals surface area contributed by atoms with Crippen LogP contribution in [0.3, 0.4) is 0 Å². The van der Waals surface area contributed by atoms with Gasteiger partial charge in [0.2, 0.25) is 5.78 Å². The molecule has 0 radical (unpaired) electrons. The van der Waals surface area contributed by atoms with Crippen LogP contribution in [0.5, 0.6) is 0 Å². The largest absolute Gasteiger partial charge is 0.450 e. The maximum absolute atomic E-state index is 17.3. The van der Waals surface area contributed by atoms with E-state index in [1.165, 1.54) is 6.92 Å². The molecule has 32 heavy (non-hydrogen) atoms. The Balaban J connectivity index is 1.88. The van der Waals surface area contributed by atoms with E-state index >= 15 is 4.39 Å². The minimum absolute atomic E-state index is 0.00146. The van der Waals surface area contributed by atoms with Gasteiger partial charge in [0.05, 0.1) is 6.10 Å². The lowest BCUT2D eigenvalue weighted by Crippen LogP contribution is -2.71. The number of fused-ring (bicyclic) bond motifs is 5. The number of ketones is 2. The molecule has 4 aliphatic carbocycles. The fraction of sp³-hybridized carbons (Fsp3) is 0.800. The van der Waals surface area contributed by atoms with Crippen LogP contribution in [-0.4, -0.2) is 51.7 Å². The third-order valence-electron chi connectivity index (χ3n) is 9.77. The van der Waals surface area contributed by atoms with Crippen molar-refractivity contribution < 1.29 is 33.7 Å². The number of carbonyl (C=O) groups excluding carboxylic acids is 3. The zero-order chi connectivity index (χ0) is 23.9. The van der Waals surface area contributed by atoms with Crippen molar-refractivity contribution in [2.45, 2.75) is 84.1 Å². The van der Waals surface area contributed by atoms with Gasteiger partial charge >= 0.3 is 5.97 Å². The van der Waals surface area contributed by atoms with Crippen molar-refractivity contribution in [3.05, 3.63) is 11.6 Å². The predicted octanol–water partition coefficient (Wildman–Crippen LogP) is 2.94. The van der Waals surface area contributed by atoms with E-state index in [0.29, 0.717) is 19.3 Å². The Labute approximate surface area is 188 Å². The first kappa shape index (κ1) is 23.6. The highest BCUT2D eigenvalue weighted by atomic mass is 19.1. The number of hydrogen-bond donors (Lipinski definition) is 2. The summed E-state index contributed by atoms with van der Waals surface area (Å²) in [6, 6.07) is 0. The molecule has 4 rings (SSSR count). The first-order valence-electron chi connectivity index (χ1n) is 11.7. The highest BCUT2D eigenvalue weighted by Crippen LogP contribution is 2.72. The number of esters is 1. The van der Waals surface area contributed by atoms with Gasteiger partial charge in [0.25, 0.3) is 0 Å². The number of alkyl halides is 1. The first-order valence-corrected chi connectivity index (χ1v) is 11.7. The Morgan fingerprint density at radius 1 is 1.22 bits per heavy atom. The van der Waals surface area contributed by atoms with Crippen molar-refractivity contribution in [2.75, 3.05) is 6.61 Å². The number of Topliss-reactive ketones (excluding diaryl/α,β-unsaturated/α-hetero) is 1. The topological polar surface area (TPSA) is 101 Å². The van der Waals surface area contributed by atoms with Crippen molar-refractivity contribution in [3.63, 3.8) is 0 Å². The summed E-state index contributed by atoms with van der Waals surface area (Å²) in [5.41, 5.74) is -4.77. The molecule has 2 N–H and O–H groups in total. The Morgan fingerprint density at radius 3 is 2.47 bits per heavy atom. The molecular weight excluding hydrogens is 415 g/mol. The molecule has 6 nitrogen and oxygen atoms in total. The quantitative estimate of drug-likeness (QED) is 0.641. The molecule has 0 bridgehead atoms. The summed E-state index contributed by atoms with van der Waals surface area (Å²) in [5, 5.41) is 21.2. The van der Waals surface area contributed by atoms with Crippen LogP contribution in [0.25, 0.3) is 0 Å². The van der Waals surface area contributed by atoms with Crippen molar-refractivity contribution in [1.82, 2.24) is 0 Å². The molecule has 0 aromatic carbocycles. The molecule has 0 saturated heterocycles. The van der Waals surface area contributed by atoms with Gasteiger partial charge in [0, 0.05) is 36.0 Å². The lowest BCUT2D eigenvalue weighted by Gasteiger charge is -2.64. The van der Waals surface area contributed by atoms with Crippen molar-refractivity contribution in [3.8, 4) is 0 Å². The molecular formula is C25H35FO6. The lowest BCUT2D eigenvalue weighted by atomic mass is 9.42. The summed E-state index contributed by atoms with van der Waals surface area (Å²) >= 11 is 0. The number of allylic oxidation sites excluding steroid dienone is 1. The number of halogens is 1. The zero-order valence-electron chi connectivity index (χ0n) is 19.6. The Morgan fingerprint density at radius 2 is 1.88 bits per heavy atom. The molecule has 0 aromatic rings. The van der Waals surface area contributed by atoms with Crippen LogP contribution in [0.15, 0.2) is 11.6 Å². The Hall–Kier alpha value is -1.60. The summed E-state index contributed by atoms with van der Waals surface area (Å²) < 4.78 is 23.1. The van der Waals surface area contributed by atoms with E-state index in [9.17, 15) is 24.6 Å². The minimum atomic E-state index is -1.95. The highest BCUT2D eigenvalue weighted by molar-refractivity contribution is 5.93. The van der Waals surface area contributed by atoms with Crippen molar-refractivity contribution >= 4 is 17.5 Å². The number of aliphatic hydroxyl groups is 2. The van der Waals surface area contributed by atoms with Gasteiger partial charge in [-0.15, -0.1) is 0 Å². The normalized spacial score (nSPS) is 50.1. The molecule has 7 heteroatoms. The van der Waals surface area contributed by atoms with Crippen LogP contribution < -0.4 is 0 Å². The van der Waals surface area contributed by atoms with Gasteiger partial charge in [-0.25, -0.2) is 4.39 Å². The molecule has 0 aliphatic heterocycles. The molecule has 0 aromatic heterocycles. The third kappa shape index (κ3) is 2.61. The van der Waals surface area contributed by atoms with Crippen LogP contribution in [0.4, 0.5) is 4.39 Å². The van der Waals surface area contributed by atoms with Crippen LogP contribution >= 0.6 is 0 Å². The van der Waals surface area contributed by atoms with E-state index in [0.717, 1.165) is 5.57 Å². The van der Waals surface area contributed by atoms with Gasteiger partial charge in [0.15, 0.2) is 11.4 Å². The van der Waals surface area contributed by atoms with E-state index in [1.54, 1.807) is 6.08 Å². The number of carbonyl (C=O) groups is 3. The smallest absolute Gasteiger partial charge is 0.303 e. The highest BCUT2D eigenvalue weighted by Gasteiger charge is 2.77. The monoisotopic (exact) mass is 450 g/mol. The van der Waals surface area contributed by atoms with Gasteiger partial charge in [-0.05, 0) is 43.6 Å². The van der Waals surface area contributed by atoms with E-state index in [2.05, 4.69) is 0 Å². The average Bonchev–Trinajstić information content (AvgIpc) is 2.92. The molecule has 3 unspecified atom stereocenters. The van der Waals surface area contributed by atoms with Gasteiger partial charge in [-0.2, -0.15) is 0 Å². The second-order valence-corrected chi connectivity index (χ2v) is 11.2. The molecule has 178 valence electrons. The maximum Gasteiger partial charge on any atom is 0.303 e. The molecule has 4 aliphatic rings. The average molecular weight is 451 g/mol. The summed E-state index contributed by atoms with van der Waals surface area (Å²) in [5.74, 6) is -2.58. The van der Waals surface area contributed by atoms with E-state index in [1.807, 2.05) is 27.7 Å². The summed E-state index contributed by atoms with van der Waals surface area (Å²) in [6.45, 7) is 7.89. The fourth-order valence-corrected chi connectivity index (χ4v) is 8.50. The van der Waals surface area contributed by atoms with Crippen molar-refractivity contribution in [2.24, 2.45) is 34.5 Å². The predicted molar refractivity (Wildman–Crippen MR) is 114 cm³/mol. The number of aliphatic hydroxyl groups excluding tert-OH is 2. The summed E-state index contributed by atoms with van der Waals surface area (Å²) in [6.07, 6.45) is 1.63. The van der Waals surface area contributed by atoms with Crippen LogP contribution in [0.2, 0.25) is 0 Å². The van der Waals surface area contributed by atoms with Gasteiger partial charge < -0.3 is 14.9 Å². The molecule has 0 amide bonds. The van der Waals surface area contributed by atoms with Gasteiger partial charge in [-0.3, -0.25) is 14.4 Å². The number of rotatable bonds is 3. The van der Waals surface area contributed by atoms with Crippen LogP contribution in [0, 0.1) is 34.5 Å².